The summed E-state index contributed by atoms with van der Waals surface area (Å²) in [5.74, 6) is 0.686. The molecule has 1 aliphatic rings. The van der Waals surface area contributed by atoms with Crippen molar-refractivity contribution in [2.45, 2.75) is 25.4 Å². The van der Waals surface area contributed by atoms with Crippen molar-refractivity contribution in [2.24, 2.45) is 5.11 Å². The third-order valence-electron chi connectivity index (χ3n) is 4.40. The zero-order chi connectivity index (χ0) is 18.8. The van der Waals surface area contributed by atoms with Gasteiger partial charge >= 0.3 is 0 Å². The standard InChI is InChI=1S/C18H20N8O/c1-27-15-4-2-3-13-16(22-18(19)23-17(13)15)14(24-20)10-21-9-11-7-8-26(25-11)12-5-6-12/h2-4,7-8,10,12,20-21H,5-6,9H2,1H3,(H2,19,22,23)/b14-10-,24-20?. The van der Waals surface area contributed by atoms with Crippen LogP contribution in [0.25, 0.3) is 16.6 Å². The third-order valence-corrected chi connectivity index (χ3v) is 4.40. The largest absolute Gasteiger partial charge is 0.494 e. The molecule has 0 atom stereocenters. The summed E-state index contributed by atoms with van der Waals surface area (Å²) in [7, 11) is 1.57. The summed E-state index contributed by atoms with van der Waals surface area (Å²) in [6.07, 6.45) is 6.03. The van der Waals surface area contributed by atoms with Gasteiger partial charge in [0.2, 0.25) is 5.95 Å². The number of nitrogens with zero attached hydrogens (tertiary/aromatic N) is 5. The lowest BCUT2D eigenvalue weighted by molar-refractivity contribution is 0.419. The highest BCUT2D eigenvalue weighted by Gasteiger charge is 2.24. The van der Waals surface area contributed by atoms with E-state index in [2.05, 4.69) is 25.5 Å². The Morgan fingerprint density at radius 2 is 2.26 bits per heavy atom. The Hall–Kier alpha value is -3.49. The van der Waals surface area contributed by atoms with Gasteiger partial charge in [0.05, 0.1) is 25.4 Å². The Morgan fingerprint density at radius 3 is 3.00 bits per heavy atom. The van der Waals surface area contributed by atoms with Crippen LogP contribution < -0.4 is 15.8 Å². The number of nitrogen functional groups attached to an aromatic ring is 1. The van der Waals surface area contributed by atoms with E-state index in [9.17, 15) is 0 Å². The number of benzene rings is 1. The van der Waals surface area contributed by atoms with Crippen LogP contribution in [0.15, 0.2) is 41.8 Å². The minimum Gasteiger partial charge on any atom is -0.494 e. The van der Waals surface area contributed by atoms with Crippen LogP contribution >= 0.6 is 0 Å². The lowest BCUT2D eigenvalue weighted by Gasteiger charge is -2.09. The normalized spacial score (nSPS) is 14.3. The van der Waals surface area contributed by atoms with Crippen LogP contribution in [0.2, 0.25) is 0 Å². The quantitative estimate of drug-likeness (QED) is 0.553. The number of methoxy groups -OCH3 is 1. The van der Waals surface area contributed by atoms with Crippen LogP contribution in [0.3, 0.4) is 0 Å². The van der Waals surface area contributed by atoms with Crippen LogP contribution in [0.1, 0.15) is 30.3 Å². The molecule has 4 rings (SSSR count). The summed E-state index contributed by atoms with van der Waals surface area (Å²) in [6, 6.07) is 8.03. The predicted octanol–water partition coefficient (Wildman–Crippen LogP) is 2.87. The molecule has 0 bridgehead atoms. The Labute approximate surface area is 155 Å². The second-order valence-electron chi connectivity index (χ2n) is 6.33. The lowest BCUT2D eigenvalue weighted by atomic mass is 10.1. The molecule has 0 saturated heterocycles. The first-order valence-electron chi connectivity index (χ1n) is 8.65. The minimum absolute atomic E-state index is 0.0970. The zero-order valence-corrected chi connectivity index (χ0v) is 14.9. The van der Waals surface area contributed by atoms with Crippen molar-refractivity contribution in [1.29, 1.82) is 5.53 Å². The molecular weight excluding hydrogens is 344 g/mol. The van der Waals surface area contributed by atoms with Gasteiger partial charge in [-0.3, -0.25) is 4.68 Å². The van der Waals surface area contributed by atoms with Crippen LogP contribution in [0.5, 0.6) is 5.75 Å². The van der Waals surface area contributed by atoms with Gasteiger partial charge in [0, 0.05) is 17.8 Å². The van der Waals surface area contributed by atoms with E-state index in [1.54, 1.807) is 19.4 Å². The number of ether oxygens (including phenoxy) is 1. The smallest absolute Gasteiger partial charge is 0.221 e. The number of nitrogens with two attached hydrogens (primary N) is 1. The lowest BCUT2D eigenvalue weighted by Crippen LogP contribution is -2.08. The molecule has 0 spiro atoms. The van der Waals surface area contributed by atoms with E-state index < -0.39 is 0 Å². The molecule has 4 N–H and O–H groups in total. The van der Waals surface area contributed by atoms with Gasteiger partial charge in [0.1, 0.15) is 22.7 Å². The van der Waals surface area contributed by atoms with E-state index >= 15 is 0 Å². The SMILES string of the molecule is COc1cccc2c(/C(=C/NCc3ccn(C4CC4)n3)N=N)nc(N)nc12. The highest BCUT2D eigenvalue weighted by Crippen LogP contribution is 2.34. The van der Waals surface area contributed by atoms with Crippen molar-refractivity contribution in [3.8, 4) is 5.75 Å². The number of nitrogens with one attached hydrogen (secondary N) is 2. The van der Waals surface area contributed by atoms with Gasteiger partial charge < -0.3 is 15.8 Å². The molecule has 3 aromatic rings. The van der Waals surface area contributed by atoms with Gasteiger partial charge in [0.15, 0.2) is 0 Å². The van der Waals surface area contributed by atoms with Gasteiger partial charge in [-0.15, -0.1) is 0 Å². The molecule has 1 aromatic carbocycles. The molecule has 0 amide bonds. The molecule has 9 heteroatoms. The van der Waals surface area contributed by atoms with Crippen LogP contribution in [-0.2, 0) is 6.54 Å². The van der Waals surface area contributed by atoms with Crippen LogP contribution in [0, 0.1) is 5.53 Å². The molecule has 2 aromatic heterocycles. The van der Waals surface area contributed by atoms with Gasteiger partial charge in [-0.2, -0.15) is 10.2 Å². The molecule has 138 valence electrons. The van der Waals surface area contributed by atoms with Crippen LogP contribution in [-0.4, -0.2) is 26.9 Å². The van der Waals surface area contributed by atoms with Gasteiger partial charge in [-0.05, 0) is 25.0 Å². The zero-order valence-electron chi connectivity index (χ0n) is 14.9. The summed E-state index contributed by atoms with van der Waals surface area (Å²) in [6.45, 7) is 0.528. The second kappa shape index (κ2) is 7.02. The van der Waals surface area contributed by atoms with Crippen molar-refractivity contribution in [3.63, 3.8) is 0 Å². The highest BCUT2D eigenvalue weighted by molar-refractivity contribution is 5.93. The average Bonchev–Trinajstić information content (AvgIpc) is 3.43. The fourth-order valence-corrected chi connectivity index (χ4v) is 2.92. The molecule has 1 fully saturated rings. The number of rotatable bonds is 7. The Morgan fingerprint density at radius 1 is 1.41 bits per heavy atom. The number of aromatic nitrogens is 4. The molecule has 0 aliphatic heterocycles. The average molecular weight is 364 g/mol. The van der Waals surface area contributed by atoms with Crippen LogP contribution in [0.4, 0.5) is 5.95 Å². The summed E-state index contributed by atoms with van der Waals surface area (Å²) in [4.78, 5) is 8.53. The van der Waals surface area contributed by atoms with Crippen molar-refractivity contribution in [1.82, 2.24) is 25.1 Å². The van der Waals surface area contributed by atoms with E-state index in [4.69, 9.17) is 16.0 Å². The van der Waals surface area contributed by atoms with E-state index in [0.717, 1.165) is 5.69 Å². The topological polar surface area (TPSA) is 127 Å². The van der Waals surface area contributed by atoms with Crippen molar-refractivity contribution in [3.05, 3.63) is 48.1 Å². The fourth-order valence-electron chi connectivity index (χ4n) is 2.92. The van der Waals surface area contributed by atoms with Gasteiger partial charge in [-0.25, -0.2) is 15.5 Å². The maximum Gasteiger partial charge on any atom is 0.221 e. The summed E-state index contributed by atoms with van der Waals surface area (Å²) in [5, 5.41) is 12.0. The van der Waals surface area contributed by atoms with E-state index in [0.29, 0.717) is 40.6 Å². The van der Waals surface area contributed by atoms with Crippen molar-refractivity contribution in [2.75, 3.05) is 12.8 Å². The van der Waals surface area contributed by atoms with Gasteiger partial charge in [-0.1, -0.05) is 12.1 Å². The molecule has 1 aliphatic carbocycles. The first kappa shape index (κ1) is 17.0. The monoisotopic (exact) mass is 364 g/mol. The fraction of sp³-hybridized carbons (Fsp3) is 0.278. The van der Waals surface area contributed by atoms with Crippen molar-refractivity contribution < 1.29 is 4.74 Å². The Balaban J connectivity index is 1.61. The first-order valence-corrected chi connectivity index (χ1v) is 8.65. The molecule has 2 heterocycles. The number of fused-ring (bicyclic) bond motifs is 1. The Bertz CT molecular complexity index is 1020. The molecule has 0 unspecified atom stereocenters. The maximum atomic E-state index is 7.56. The van der Waals surface area contributed by atoms with E-state index in [1.165, 1.54) is 12.8 Å². The number of para-hydroxylation sites is 1. The predicted molar refractivity (Wildman–Crippen MR) is 101 cm³/mol. The van der Waals surface area contributed by atoms with Gasteiger partial charge in [0.25, 0.3) is 0 Å². The first-order chi connectivity index (χ1) is 13.2. The molecule has 9 nitrogen and oxygen atoms in total. The molecule has 1 saturated carbocycles. The summed E-state index contributed by atoms with van der Waals surface area (Å²) in [5.41, 5.74) is 15.8. The second-order valence-corrected chi connectivity index (χ2v) is 6.33. The number of hydrogen-bond acceptors (Lipinski definition) is 8. The molecule has 0 radical (unpaired) electrons. The minimum atomic E-state index is 0.0970. The number of hydrogen-bond donors (Lipinski definition) is 3. The van der Waals surface area contributed by atoms with Crippen molar-refractivity contribution >= 4 is 22.5 Å². The molecule has 27 heavy (non-hydrogen) atoms. The summed E-state index contributed by atoms with van der Waals surface area (Å²) < 4.78 is 7.35. The summed E-state index contributed by atoms with van der Waals surface area (Å²) >= 11 is 0. The highest BCUT2D eigenvalue weighted by atomic mass is 16.5. The third kappa shape index (κ3) is 3.43. The van der Waals surface area contributed by atoms with E-state index in [1.807, 2.05) is 29.1 Å². The van der Waals surface area contributed by atoms with E-state index in [-0.39, 0.29) is 5.95 Å². The molecular formula is C18H20N8O. The number of anilines is 1. The Kier molecular flexibility index (Phi) is 4.41. The maximum absolute atomic E-state index is 7.56.